The van der Waals surface area contributed by atoms with E-state index in [1.165, 1.54) is 7.11 Å². The first kappa shape index (κ1) is 15.1. The van der Waals surface area contributed by atoms with Crippen molar-refractivity contribution >= 4 is 23.0 Å². The number of hydrogen-bond donors (Lipinski definition) is 2. The van der Waals surface area contributed by atoms with Gasteiger partial charge in [-0.05, 0) is 18.2 Å². The fourth-order valence-electron chi connectivity index (χ4n) is 2.25. The Bertz CT molecular complexity index is 860. The zero-order valence-electron chi connectivity index (χ0n) is 12.3. The molecule has 5 nitrogen and oxygen atoms in total. The first-order valence-electron chi connectivity index (χ1n) is 6.83. The number of benzene rings is 2. The Hall–Kier alpha value is -2.86. The van der Waals surface area contributed by atoms with Crippen molar-refractivity contribution in [3.05, 3.63) is 53.4 Å². The molecule has 0 aliphatic carbocycles. The molecule has 1 heterocycles. The summed E-state index contributed by atoms with van der Waals surface area (Å²) in [6.45, 7) is 0. The number of methoxy groups -OCH3 is 1. The summed E-state index contributed by atoms with van der Waals surface area (Å²) in [7, 11) is 1.53. The number of hydrogen-bond acceptors (Lipinski definition) is 5. The van der Waals surface area contributed by atoms with Crippen LogP contribution in [0, 0.1) is 0 Å². The Labute approximate surface area is 137 Å². The molecule has 116 valence electrons. The number of aromatic nitrogens is 1. The van der Waals surface area contributed by atoms with Gasteiger partial charge in [-0.15, -0.1) is 11.3 Å². The normalized spacial score (nSPS) is 10.5. The quantitative estimate of drug-likeness (QED) is 0.713. The van der Waals surface area contributed by atoms with Gasteiger partial charge < -0.3 is 15.6 Å². The number of anilines is 1. The minimum Gasteiger partial charge on any atom is -0.495 e. The molecule has 23 heavy (non-hydrogen) atoms. The summed E-state index contributed by atoms with van der Waals surface area (Å²) in [6, 6.07) is 14.6. The van der Waals surface area contributed by atoms with Gasteiger partial charge in [0.25, 0.3) is 0 Å². The Morgan fingerprint density at radius 3 is 2.52 bits per heavy atom. The highest BCUT2D eigenvalue weighted by Crippen LogP contribution is 2.36. The summed E-state index contributed by atoms with van der Waals surface area (Å²) >= 11 is 1.15. The van der Waals surface area contributed by atoms with Crippen molar-refractivity contribution in [3.63, 3.8) is 0 Å². The monoisotopic (exact) mass is 326 g/mol. The van der Waals surface area contributed by atoms with Crippen molar-refractivity contribution in [2.24, 2.45) is 0 Å². The van der Waals surface area contributed by atoms with E-state index in [2.05, 4.69) is 4.98 Å². The maximum atomic E-state index is 11.6. The van der Waals surface area contributed by atoms with Gasteiger partial charge in [0.2, 0.25) is 0 Å². The average Bonchev–Trinajstić information content (AvgIpc) is 3.01. The summed E-state index contributed by atoms with van der Waals surface area (Å²) < 4.78 is 5.13. The highest BCUT2D eigenvalue weighted by molar-refractivity contribution is 7.17. The van der Waals surface area contributed by atoms with Crippen LogP contribution in [0.25, 0.3) is 21.8 Å². The van der Waals surface area contributed by atoms with Crippen LogP contribution in [0.3, 0.4) is 0 Å². The molecule has 3 N–H and O–H groups in total. The van der Waals surface area contributed by atoms with Crippen molar-refractivity contribution in [1.82, 2.24) is 4.98 Å². The third-order valence-corrected chi connectivity index (χ3v) is 4.44. The average molecular weight is 326 g/mol. The molecule has 0 saturated heterocycles. The second-order valence-corrected chi connectivity index (χ2v) is 5.82. The van der Waals surface area contributed by atoms with Crippen LogP contribution < -0.4 is 10.5 Å². The molecule has 0 spiro atoms. The Kier molecular flexibility index (Phi) is 3.99. The number of aromatic carboxylic acids is 1. The standard InChI is InChI=1S/C17H14N2O3S/c1-22-13-8-7-11(9-12(13)18)14-15(17(20)21)23-16(19-14)10-5-3-2-4-6-10/h2-9H,18H2,1H3,(H,20,21). The zero-order chi connectivity index (χ0) is 16.4. The number of nitrogen functional groups attached to an aromatic ring is 1. The van der Waals surface area contributed by atoms with E-state index in [1.807, 2.05) is 30.3 Å². The van der Waals surface area contributed by atoms with E-state index in [-0.39, 0.29) is 4.88 Å². The number of ether oxygens (including phenoxy) is 1. The predicted octanol–water partition coefficient (Wildman–Crippen LogP) is 3.77. The van der Waals surface area contributed by atoms with E-state index < -0.39 is 5.97 Å². The van der Waals surface area contributed by atoms with Crippen LogP contribution in [0.15, 0.2) is 48.5 Å². The van der Waals surface area contributed by atoms with Gasteiger partial charge in [0, 0.05) is 11.1 Å². The maximum absolute atomic E-state index is 11.6. The molecule has 0 amide bonds. The topological polar surface area (TPSA) is 85.4 Å². The van der Waals surface area contributed by atoms with Gasteiger partial charge in [0.05, 0.1) is 18.5 Å². The molecule has 0 saturated carbocycles. The van der Waals surface area contributed by atoms with Crippen molar-refractivity contribution < 1.29 is 14.6 Å². The molecule has 0 aliphatic heterocycles. The summed E-state index contributed by atoms with van der Waals surface area (Å²) in [4.78, 5) is 16.3. The van der Waals surface area contributed by atoms with Gasteiger partial charge >= 0.3 is 5.97 Å². The number of rotatable bonds is 4. The zero-order valence-corrected chi connectivity index (χ0v) is 13.1. The van der Waals surface area contributed by atoms with Crippen LogP contribution >= 0.6 is 11.3 Å². The first-order chi connectivity index (χ1) is 11.1. The third-order valence-electron chi connectivity index (χ3n) is 3.35. The van der Waals surface area contributed by atoms with Crippen LogP contribution in [-0.4, -0.2) is 23.2 Å². The second kappa shape index (κ2) is 6.10. The molecule has 0 radical (unpaired) electrons. The summed E-state index contributed by atoms with van der Waals surface area (Å²) in [5.41, 5.74) is 8.30. The summed E-state index contributed by atoms with van der Waals surface area (Å²) in [5, 5.41) is 10.1. The van der Waals surface area contributed by atoms with E-state index in [9.17, 15) is 9.90 Å². The van der Waals surface area contributed by atoms with E-state index in [0.29, 0.717) is 27.7 Å². The fraction of sp³-hybridized carbons (Fsp3) is 0.0588. The van der Waals surface area contributed by atoms with Crippen molar-refractivity contribution in [3.8, 4) is 27.6 Å². The van der Waals surface area contributed by atoms with Gasteiger partial charge in [0.15, 0.2) is 0 Å². The first-order valence-corrected chi connectivity index (χ1v) is 7.65. The molecule has 0 aliphatic rings. The Morgan fingerprint density at radius 2 is 1.91 bits per heavy atom. The van der Waals surface area contributed by atoms with Gasteiger partial charge in [-0.3, -0.25) is 0 Å². The van der Waals surface area contributed by atoms with Crippen LogP contribution in [0.5, 0.6) is 5.75 Å². The van der Waals surface area contributed by atoms with E-state index in [1.54, 1.807) is 18.2 Å². The summed E-state index contributed by atoms with van der Waals surface area (Å²) in [5.74, 6) is -0.460. The van der Waals surface area contributed by atoms with Gasteiger partial charge in [0.1, 0.15) is 15.6 Å². The molecule has 0 unspecified atom stereocenters. The molecule has 0 fully saturated rings. The molecule has 0 bridgehead atoms. The Balaban J connectivity index is 2.13. The predicted molar refractivity (Wildman–Crippen MR) is 90.9 cm³/mol. The lowest BCUT2D eigenvalue weighted by molar-refractivity contribution is 0.0702. The van der Waals surface area contributed by atoms with Crippen molar-refractivity contribution in [2.45, 2.75) is 0 Å². The smallest absolute Gasteiger partial charge is 0.348 e. The molecule has 0 atom stereocenters. The lowest BCUT2D eigenvalue weighted by Crippen LogP contribution is -1.97. The lowest BCUT2D eigenvalue weighted by atomic mass is 10.1. The molecule has 1 aromatic heterocycles. The minimum atomic E-state index is -1.01. The van der Waals surface area contributed by atoms with Gasteiger partial charge in [-0.25, -0.2) is 9.78 Å². The molecular formula is C17H14N2O3S. The van der Waals surface area contributed by atoms with Gasteiger partial charge in [-0.2, -0.15) is 0 Å². The highest BCUT2D eigenvalue weighted by atomic mass is 32.1. The largest absolute Gasteiger partial charge is 0.495 e. The van der Waals surface area contributed by atoms with E-state index in [4.69, 9.17) is 10.5 Å². The number of carboxylic acids is 1. The minimum absolute atomic E-state index is 0.188. The molecular weight excluding hydrogens is 312 g/mol. The highest BCUT2D eigenvalue weighted by Gasteiger charge is 2.20. The van der Waals surface area contributed by atoms with Crippen LogP contribution in [0.1, 0.15) is 9.67 Å². The summed E-state index contributed by atoms with van der Waals surface area (Å²) in [6.07, 6.45) is 0. The van der Waals surface area contributed by atoms with Crippen molar-refractivity contribution in [1.29, 1.82) is 0 Å². The lowest BCUT2D eigenvalue weighted by Gasteiger charge is -2.06. The van der Waals surface area contributed by atoms with Gasteiger partial charge in [-0.1, -0.05) is 30.3 Å². The maximum Gasteiger partial charge on any atom is 0.348 e. The number of thiazole rings is 1. The number of nitrogens with zero attached hydrogens (tertiary/aromatic N) is 1. The van der Waals surface area contributed by atoms with E-state index in [0.717, 1.165) is 16.9 Å². The third kappa shape index (κ3) is 2.89. The Morgan fingerprint density at radius 1 is 1.17 bits per heavy atom. The second-order valence-electron chi connectivity index (χ2n) is 4.82. The van der Waals surface area contributed by atoms with Crippen LogP contribution in [0.4, 0.5) is 5.69 Å². The molecule has 3 aromatic rings. The van der Waals surface area contributed by atoms with Crippen LogP contribution in [0.2, 0.25) is 0 Å². The van der Waals surface area contributed by atoms with Crippen LogP contribution in [-0.2, 0) is 0 Å². The number of carboxylic acid groups (broad SMARTS) is 1. The number of carbonyl (C=O) groups is 1. The number of nitrogens with two attached hydrogens (primary N) is 1. The fourth-order valence-corrected chi connectivity index (χ4v) is 3.18. The van der Waals surface area contributed by atoms with Crippen molar-refractivity contribution in [2.75, 3.05) is 12.8 Å². The van der Waals surface area contributed by atoms with E-state index >= 15 is 0 Å². The molecule has 6 heteroatoms. The SMILES string of the molecule is COc1ccc(-c2nc(-c3ccccc3)sc2C(=O)O)cc1N. The molecule has 3 rings (SSSR count). The molecule has 2 aromatic carbocycles.